The molecule has 1 aromatic rings. The smallest absolute Gasteiger partial charge is 0.249 e. The average molecular weight is 303 g/mol. The number of nitrogens with one attached hydrogen (secondary N) is 1. The zero-order valence-electron chi connectivity index (χ0n) is 13.2. The van der Waals surface area contributed by atoms with Gasteiger partial charge in [0.25, 0.3) is 0 Å². The highest BCUT2D eigenvalue weighted by Crippen LogP contribution is 2.38. The number of carbonyl (C=O) groups excluding carboxylic acids is 2. The Morgan fingerprint density at radius 3 is 2.50 bits per heavy atom. The maximum atomic E-state index is 12.3. The van der Waals surface area contributed by atoms with E-state index in [0.29, 0.717) is 24.2 Å². The number of hydrogen-bond donors (Lipinski definition) is 3. The largest absolute Gasteiger partial charge is 0.366 e. The summed E-state index contributed by atoms with van der Waals surface area (Å²) in [6.07, 6.45) is 5.96. The lowest BCUT2D eigenvalue weighted by molar-refractivity contribution is -0.118. The van der Waals surface area contributed by atoms with Gasteiger partial charge >= 0.3 is 0 Å². The summed E-state index contributed by atoms with van der Waals surface area (Å²) in [6.45, 7) is 2.36. The molecule has 5 heteroatoms. The standard InChI is InChI=1S/C17H25N3O2/c1-12-5-6-13(9-14(12)16(19)22)20-15(21)10-17(11-18)7-3-2-4-8-17/h5-6,9H,2-4,7-8,10-11,18H2,1H3,(H2,19,22)(H,20,21). The molecule has 0 atom stereocenters. The topological polar surface area (TPSA) is 98.2 Å². The van der Waals surface area contributed by atoms with Crippen molar-refractivity contribution >= 4 is 17.5 Å². The summed E-state index contributed by atoms with van der Waals surface area (Å²) in [6, 6.07) is 5.20. The predicted octanol–water partition coefficient (Wildman–Crippen LogP) is 2.33. The Morgan fingerprint density at radius 1 is 1.23 bits per heavy atom. The molecular formula is C17H25N3O2. The molecule has 1 aromatic carbocycles. The van der Waals surface area contributed by atoms with E-state index in [2.05, 4.69) is 5.32 Å². The zero-order chi connectivity index (χ0) is 16.2. The summed E-state index contributed by atoms with van der Waals surface area (Å²) in [4.78, 5) is 23.7. The predicted molar refractivity (Wildman–Crippen MR) is 87.5 cm³/mol. The van der Waals surface area contributed by atoms with E-state index >= 15 is 0 Å². The molecule has 0 spiro atoms. The van der Waals surface area contributed by atoms with Crippen molar-refractivity contribution in [2.24, 2.45) is 16.9 Å². The van der Waals surface area contributed by atoms with Gasteiger partial charge in [-0.15, -0.1) is 0 Å². The first kappa shape index (κ1) is 16.5. The van der Waals surface area contributed by atoms with E-state index in [1.54, 1.807) is 18.2 Å². The number of hydrogen-bond acceptors (Lipinski definition) is 3. The lowest BCUT2D eigenvalue weighted by Crippen LogP contribution is -2.36. The van der Waals surface area contributed by atoms with Crippen LogP contribution in [0.15, 0.2) is 18.2 Å². The molecule has 22 heavy (non-hydrogen) atoms. The van der Waals surface area contributed by atoms with E-state index in [4.69, 9.17) is 11.5 Å². The van der Waals surface area contributed by atoms with Crippen molar-refractivity contribution in [3.8, 4) is 0 Å². The third-order valence-corrected chi connectivity index (χ3v) is 4.67. The lowest BCUT2D eigenvalue weighted by Gasteiger charge is -2.35. The molecule has 0 radical (unpaired) electrons. The van der Waals surface area contributed by atoms with Crippen molar-refractivity contribution in [3.63, 3.8) is 0 Å². The van der Waals surface area contributed by atoms with Crippen LogP contribution >= 0.6 is 0 Å². The van der Waals surface area contributed by atoms with Crippen molar-refractivity contribution in [3.05, 3.63) is 29.3 Å². The van der Waals surface area contributed by atoms with Gasteiger partial charge in [-0.25, -0.2) is 0 Å². The number of nitrogens with two attached hydrogens (primary N) is 2. The van der Waals surface area contributed by atoms with Crippen LogP contribution in [0.25, 0.3) is 0 Å². The van der Waals surface area contributed by atoms with E-state index in [9.17, 15) is 9.59 Å². The van der Waals surface area contributed by atoms with Crippen molar-refractivity contribution in [1.29, 1.82) is 0 Å². The number of rotatable bonds is 5. The molecule has 5 N–H and O–H groups in total. The maximum absolute atomic E-state index is 12.3. The molecule has 120 valence electrons. The SMILES string of the molecule is Cc1ccc(NC(=O)CC2(CN)CCCCC2)cc1C(N)=O. The van der Waals surface area contributed by atoms with Gasteiger partial charge < -0.3 is 16.8 Å². The van der Waals surface area contributed by atoms with Crippen LogP contribution < -0.4 is 16.8 Å². The van der Waals surface area contributed by atoms with Gasteiger partial charge in [0, 0.05) is 17.7 Å². The summed E-state index contributed by atoms with van der Waals surface area (Å²) < 4.78 is 0. The molecule has 1 saturated carbocycles. The average Bonchev–Trinajstić information content (AvgIpc) is 2.49. The van der Waals surface area contributed by atoms with Crippen LogP contribution in [0.4, 0.5) is 5.69 Å². The zero-order valence-corrected chi connectivity index (χ0v) is 13.2. The van der Waals surface area contributed by atoms with Crippen LogP contribution in [-0.4, -0.2) is 18.4 Å². The summed E-state index contributed by atoms with van der Waals surface area (Å²) in [5.41, 5.74) is 13.0. The molecule has 0 aromatic heterocycles. The second-order valence-corrected chi connectivity index (χ2v) is 6.38. The molecule has 0 bridgehead atoms. The number of amides is 2. The van der Waals surface area contributed by atoms with Crippen molar-refractivity contribution in [1.82, 2.24) is 0 Å². The monoisotopic (exact) mass is 303 g/mol. The summed E-state index contributed by atoms with van der Waals surface area (Å²) >= 11 is 0. The van der Waals surface area contributed by atoms with Crippen LogP contribution in [0.1, 0.15) is 54.4 Å². The second kappa shape index (κ2) is 6.92. The molecule has 2 rings (SSSR count). The van der Waals surface area contributed by atoms with Gasteiger partial charge in [0.05, 0.1) is 0 Å². The minimum atomic E-state index is -0.487. The Kier molecular flexibility index (Phi) is 5.19. The van der Waals surface area contributed by atoms with E-state index in [1.807, 2.05) is 6.92 Å². The molecular weight excluding hydrogens is 278 g/mol. The number of benzene rings is 1. The molecule has 2 amide bonds. The minimum absolute atomic E-state index is 0.0494. The van der Waals surface area contributed by atoms with Gasteiger partial charge in [-0.2, -0.15) is 0 Å². The summed E-state index contributed by atoms with van der Waals surface area (Å²) in [5, 5.41) is 2.87. The normalized spacial score (nSPS) is 17.0. The first-order valence-electron chi connectivity index (χ1n) is 7.86. The van der Waals surface area contributed by atoms with Gasteiger partial charge in [0.2, 0.25) is 11.8 Å². The van der Waals surface area contributed by atoms with Crippen LogP contribution in [0.2, 0.25) is 0 Å². The Bertz CT molecular complexity index is 563. The molecule has 0 aliphatic heterocycles. The Balaban J connectivity index is 2.05. The molecule has 0 unspecified atom stereocenters. The van der Waals surface area contributed by atoms with Crippen LogP contribution in [0, 0.1) is 12.3 Å². The molecule has 1 aliphatic carbocycles. The van der Waals surface area contributed by atoms with Crippen LogP contribution in [0.3, 0.4) is 0 Å². The second-order valence-electron chi connectivity index (χ2n) is 6.38. The fourth-order valence-electron chi connectivity index (χ4n) is 3.27. The van der Waals surface area contributed by atoms with E-state index in [-0.39, 0.29) is 11.3 Å². The number of carbonyl (C=O) groups is 2. The van der Waals surface area contributed by atoms with Crippen molar-refractivity contribution in [2.45, 2.75) is 45.4 Å². The van der Waals surface area contributed by atoms with Gasteiger partial charge in [-0.05, 0) is 49.4 Å². The first-order valence-corrected chi connectivity index (χ1v) is 7.86. The third-order valence-electron chi connectivity index (χ3n) is 4.67. The van der Waals surface area contributed by atoms with Gasteiger partial charge in [-0.1, -0.05) is 25.3 Å². The maximum Gasteiger partial charge on any atom is 0.249 e. The van der Waals surface area contributed by atoms with E-state index < -0.39 is 5.91 Å². The Hall–Kier alpha value is -1.88. The summed E-state index contributed by atoms with van der Waals surface area (Å²) in [7, 11) is 0. The highest BCUT2D eigenvalue weighted by molar-refractivity contribution is 5.97. The van der Waals surface area contributed by atoms with E-state index in [1.165, 1.54) is 6.42 Å². The summed E-state index contributed by atoms with van der Waals surface area (Å²) in [5.74, 6) is -0.536. The number of aryl methyl sites for hydroxylation is 1. The lowest BCUT2D eigenvalue weighted by atomic mass is 9.71. The molecule has 0 heterocycles. The minimum Gasteiger partial charge on any atom is -0.366 e. The highest BCUT2D eigenvalue weighted by atomic mass is 16.2. The van der Waals surface area contributed by atoms with Crippen LogP contribution in [0.5, 0.6) is 0 Å². The first-order chi connectivity index (χ1) is 10.5. The van der Waals surface area contributed by atoms with Gasteiger partial charge in [0.1, 0.15) is 0 Å². The van der Waals surface area contributed by atoms with Gasteiger partial charge in [0.15, 0.2) is 0 Å². The van der Waals surface area contributed by atoms with Gasteiger partial charge in [-0.3, -0.25) is 9.59 Å². The third kappa shape index (κ3) is 3.85. The fourth-order valence-corrected chi connectivity index (χ4v) is 3.27. The Labute approximate surface area is 131 Å². The molecule has 1 fully saturated rings. The number of primary amides is 1. The van der Waals surface area contributed by atoms with Crippen molar-refractivity contribution in [2.75, 3.05) is 11.9 Å². The quantitative estimate of drug-likeness (QED) is 0.778. The highest BCUT2D eigenvalue weighted by Gasteiger charge is 2.32. The number of anilines is 1. The Morgan fingerprint density at radius 2 is 1.91 bits per heavy atom. The fraction of sp³-hybridized carbons (Fsp3) is 0.529. The molecule has 5 nitrogen and oxygen atoms in total. The van der Waals surface area contributed by atoms with E-state index in [0.717, 1.165) is 31.2 Å². The molecule has 0 saturated heterocycles. The van der Waals surface area contributed by atoms with Crippen molar-refractivity contribution < 1.29 is 9.59 Å². The molecule has 1 aliphatic rings. The van der Waals surface area contributed by atoms with Crippen LogP contribution in [-0.2, 0) is 4.79 Å².